The largest absolute Gasteiger partial charge is 0.507 e. The molecule has 0 spiro atoms. The Hall–Kier alpha value is -2.86. The number of hydrogen-bond acceptors (Lipinski definition) is 6. The molecule has 0 saturated carbocycles. The first kappa shape index (κ1) is 21.8. The van der Waals surface area contributed by atoms with E-state index in [-0.39, 0.29) is 29.5 Å². The fourth-order valence-electron chi connectivity index (χ4n) is 3.91. The van der Waals surface area contributed by atoms with E-state index >= 15 is 0 Å². The van der Waals surface area contributed by atoms with E-state index in [0.29, 0.717) is 22.8 Å². The summed E-state index contributed by atoms with van der Waals surface area (Å²) in [5, 5.41) is 21.8. The van der Waals surface area contributed by atoms with Crippen LogP contribution in [0, 0.1) is 5.92 Å². The minimum Gasteiger partial charge on any atom is -0.507 e. The fraction of sp³-hybridized carbons (Fsp3) is 0.417. The van der Waals surface area contributed by atoms with Gasteiger partial charge in [0.2, 0.25) is 5.78 Å². The highest BCUT2D eigenvalue weighted by Crippen LogP contribution is 2.43. The first-order valence-electron chi connectivity index (χ1n) is 10.1. The second-order valence-corrected chi connectivity index (χ2v) is 8.07. The lowest BCUT2D eigenvalue weighted by atomic mass is 9.78. The fourth-order valence-corrected chi connectivity index (χ4v) is 3.91. The zero-order chi connectivity index (χ0) is 22.2. The topological polar surface area (TPSA) is 93.1 Å². The van der Waals surface area contributed by atoms with E-state index < -0.39 is 17.8 Å². The Kier molecular flexibility index (Phi) is 5.90. The van der Waals surface area contributed by atoms with Crippen molar-refractivity contribution >= 4 is 23.7 Å². The summed E-state index contributed by atoms with van der Waals surface area (Å²) in [6.45, 7) is 7.62. The van der Waals surface area contributed by atoms with Crippen molar-refractivity contribution in [3.8, 4) is 5.75 Å². The normalized spacial score (nSPS) is 21.7. The van der Waals surface area contributed by atoms with Crippen molar-refractivity contribution in [3.05, 3.63) is 51.5 Å². The zero-order valence-corrected chi connectivity index (χ0v) is 18.0. The first-order valence-corrected chi connectivity index (χ1v) is 10.1. The first-order chi connectivity index (χ1) is 14.1. The van der Waals surface area contributed by atoms with Crippen LogP contribution in [0.2, 0.25) is 0 Å². The molecule has 6 nitrogen and oxygen atoms in total. The van der Waals surface area contributed by atoms with E-state index in [2.05, 4.69) is 19.9 Å². The minimum absolute atomic E-state index is 0.0151. The lowest BCUT2D eigenvalue weighted by Gasteiger charge is -2.33. The van der Waals surface area contributed by atoms with Crippen molar-refractivity contribution in [3.63, 3.8) is 0 Å². The number of phenolic OH excluding ortho intramolecular Hbond substituents is 1. The molecular weight excluding hydrogens is 384 g/mol. The third kappa shape index (κ3) is 3.67. The SMILES string of the molecule is CCC(C)C=C(C)C1=Cc2cc3c(c(O)c2CO1)C(=O)C(O)(CC(C)=O)C(OC)=C3. The van der Waals surface area contributed by atoms with E-state index in [0.717, 1.165) is 17.6 Å². The molecule has 1 heterocycles. The summed E-state index contributed by atoms with van der Waals surface area (Å²) in [6.07, 6.45) is 6.08. The maximum Gasteiger partial charge on any atom is 0.206 e. The highest BCUT2D eigenvalue weighted by molar-refractivity contribution is 6.13. The lowest BCUT2D eigenvalue weighted by Crippen LogP contribution is -2.45. The summed E-state index contributed by atoms with van der Waals surface area (Å²) in [6, 6.07) is 1.77. The van der Waals surface area contributed by atoms with E-state index in [9.17, 15) is 19.8 Å². The summed E-state index contributed by atoms with van der Waals surface area (Å²) in [5.41, 5.74) is 0.494. The predicted octanol–water partition coefficient (Wildman–Crippen LogP) is 4.15. The molecule has 3 rings (SSSR count). The highest BCUT2D eigenvalue weighted by atomic mass is 16.5. The number of methoxy groups -OCH3 is 1. The molecule has 0 aromatic heterocycles. The van der Waals surface area contributed by atoms with Gasteiger partial charge in [0.15, 0.2) is 5.60 Å². The Balaban J connectivity index is 2.13. The molecule has 2 N–H and O–H groups in total. The molecule has 0 bridgehead atoms. The molecule has 2 atom stereocenters. The van der Waals surface area contributed by atoms with Gasteiger partial charge in [0, 0.05) is 12.0 Å². The van der Waals surface area contributed by atoms with Crippen LogP contribution in [0.1, 0.15) is 67.6 Å². The summed E-state index contributed by atoms with van der Waals surface area (Å²) < 4.78 is 11.1. The number of aliphatic hydroxyl groups is 1. The number of ketones is 2. The Morgan fingerprint density at radius 3 is 2.63 bits per heavy atom. The number of ether oxygens (including phenoxy) is 2. The zero-order valence-electron chi connectivity index (χ0n) is 18.0. The van der Waals surface area contributed by atoms with Crippen molar-refractivity contribution < 1.29 is 29.3 Å². The average Bonchev–Trinajstić information content (AvgIpc) is 2.69. The number of aromatic hydroxyl groups is 1. The molecule has 6 heteroatoms. The molecule has 1 aromatic rings. The summed E-state index contributed by atoms with van der Waals surface area (Å²) in [5.74, 6) is -0.243. The van der Waals surface area contributed by atoms with Crippen LogP contribution in [-0.4, -0.2) is 34.5 Å². The van der Waals surface area contributed by atoms with Gasteiger partial charge in [-0.3, -0.25) is 9.59 Å². The van der Waals surface area contributed by atoms with Crippen LogP contribution in [0.4, 0.5) is 0 Å². The van der Waals surface area contributed by atoms with Gasteiger partial charge in [-0.2, -0.15) is 0 Å². The van der Waals surface area contributed by atoms with Gasteiger partial charge in [0.1, 0.15) is 29.7 Å². The second-order valence-electron chi connectivity index (χ2n) is 8.07. The third-order valence-electron chi connectivity index (χ3n) is 5.72. The molecule has 160 valence electrons. The van der Waals surface area contributed by atoms with Gasteiger partial charge in [-0.15, -0.1) is 0 Å². The Morgan fingerprint density at radius 1 is 1.33 bits per heavy atom. The van der Waals surface area contributed by atoms with E-state index in [1.165, 1.54) is 20.1 Å². The van der Waals surface area contributed by atoms with Crippen LogP contribution < -0.4 is 0 Å². The summed E-state index contributed by atoms with van der Waals surface area (Å²) in [4.78, 5) is 24.8. The lowest BCUT2D eigenvalue weighted by molar-refractivity contribution is -0.120. The minimum atomic E-state index is -2.13. The molecule has 1 aliphatic carbocycles. The molecule has 0 amide bonds. The molecule has 1 aromatic carbocycles. The maximum atomic E-state index is 13.1. The molecule has 30 heavy (non-hydrogen) atoms. The predicted molar refractivity (Wildman–Crippen MR) is 114 cm³/mol. The van der Waals surface area contributed by atoms with Crippen molar-refractivity contribution in [2.75, 3.05) is 7.11 Å². The van der Waals surface area contributed by atoms with Crippen LogP contribution in [0.25, 0.3) is 12.2 Å². The number of Topliss-reactive ketones (excluding diaryl/α,β-unsaturated/α-hetero) is 2. The number of phenols is 1. The van der Waals surface area contributed by atoms with Crippen LogP contribution in [0.3, 0.4) is 0 Å². The third-order valence-corrected chi connectivity index (χ3v) is 5.72. The smallest absolute Gasteiger partial charge is 0.206 e. The molecule has 2 aliphatic rings. The number of hydrogen-bond donors (Lipinski definition) is 2. The molecular formula is C24H28O6. The highest BCUT2D eigenvalue weighted by Gasteiger charge is 2.48. The molecule has 2 unspecified atom stereocenters. The number of fused-ring (bicyclic) bond motifs is 2. The standard InChI is InChI=1S/C24H28O6/c1-6-13(2)7-14(3)19-9-16-8-17-10-20(29-5)24(28,11-15(4)25)23(27)21(17)22(26)18(16)12-30-19/h7-10,13,26,28H,6,11-12H2,1-5H3. The van der Waals surface area contributed by atoms with Crippen LogP contribution in [-0.2, 0) is 20.9 Å². The molecule has 0 radical (unpaired) electrons. The molecule has 0 fully saturated rings. The van der Waals surface area contributed by atoms with Gasteiger partial charge in [0.05, 0.1) is 12.7 Å². The number of rotatable bonds is 6. The number of carbonyl (C=O) groups excluding carboxylic acids is 2. The number of allylic oxidation sites excluding steroid dienone is 2. The van der Waals surface area contributed by atoms with Crippen molar-refractivity contribution in [1.82, 2.24) is 0 Å². The Bertz CT molecular complexity index is 997. The second kappa shape index (κ2) is 8.11. The van der Waals surface area contributed by atoms with Gasteiger partial charge in [-0.05, 0) is 54.7 Å². The van der Waals surface area contributed by atoms with E-state index in [4.69, 9.17) is 9.47 Å². The van der Waals surface area contributed by atoms with Gasteiger partial charge in [-0.1, -0.05) is 26.3 Å². The van der Waals surface area contributed by atoms with E-state index in [1.807, 2.05) is 13.0 Å². The van der Waals surface area contributed by atoms with Crippen molar-refractivity contribution in [2.45, 2.75) is 52.7 Å². The molecule has 1 aliphatic heterocycles. The van der Waals surface area contributed by atoms with Crippen LogP contribution in [0.15, 0.2) is 29.2 Å². The monoisotopic (exact) mass is 412 g/mol. The quantitative estimate of drug-likeness (QED) is 0.729. The van der Waals surface area contributed by atoms with E-state index in [1.54, 1.807) is 6.07 Å². The van der Waals surface area contributed by atoms with Gasteiger partial charge in [-0.25, -0.2) is 0 Å². The Labute approximate surface area is 176 Å². The van der Waals surface area contributed by atoms with Crippen molar-refractivity contribution in [2.24, 2.45) is 5.92 Å². The van der Waals surface area contributed by atoms with Gasteiger partial charge >= 0.3 is 0 Å². The average molecular weight is 412 g/mol. The molecule has 0 saturated heterocycles. The van der Waals surface area contributed by atoms with Crippen LogP contribution >= 0.6 is 0 Å². The van der Waals surface area contributed by atoms with Crippen LogP contribution in [0.5, 0.6) is 5.75 Å². The number of carbonyl (C=O) groups is 2. The van der Waals surface area contributed by atoms with Gasteiger partial charge in [0.25, 0.3) is 0 Å². The van der Waals surface area contributed by atoms with Gasteiger partial charge < -0.3 is 19.7 Å². The maximum absolute atomic E-state index is 13.1. The number of benzene rings is 1. The van der Waals surface area contributed by atoms with Crippen molar-refractivity contribution in [1.29, 1.82) is 0 Å². The summed E-state index contributed by atoms with van der Waals surface area (Å²) >= 11 is 0. The Morgan fingerprint density at radius 2 is 2.03 bits per heavy atom. The summed E-state index contributed by atoms with van der Waals surface area (Å²) in [7, 11) is 1.34.